The maximum absolute atomic E-state index is 11.8. The van der Waals surface area contributed by atoms with Gasteiger partial charge in [0.2, 0.25) is 0 Å². The van der Waals surface area contributed by atoms with E-state index in [1.54, 1.807) is 6.92 Å². The number of esters is 1. The monoisotopic (exact) mass is 243 g/mol. The summed E-state index contributed by atoms with van der Waals surface area (Å²) in [6, 6.07) is 2.14. The minimum atomic E-state index is -1.03. The molecule has 0 heterocycles. The molecule has 0 aromatic carbocycles. The maximum atomic E-state index is 11.8. The average molecular weight is 243 g/mol. The van der Waals surface area contributed by atoms with Gasteiger partial charge in [-0.2, -0.15) is 5.26 Å². The number of ether oxygens (including phenoxy) is 1. The van der Waals surface area contributed by atoms with Crippen molar-refractivity contribution in [3.05, 3.63) is 0 Å². The molecule has 0 saturated heterocycles. The first-order valence-electron chi connectivity index (χ1n) is 5.33. The zero-order chi connectivity index (χ0) is 12.2. The van der Waals surface area contributed by atoms with Crippen molar-refractivity contribution in [1.29, 1.82) is 5.26 Å². The van der Waals surface area contributed by atoms with E-state index in [1.165, 1.54) is 7.11 Å². The number of hydrogen-bond donors (Lipinski definition) is 0. The van der Waals surface area contributed by atoms with Gasteiger partial charge in [0.15, 0.2) is 0 Å². The van der Waals surface area contributed by atoms with Gasteiger partial charge in [-0.15, -0.1) is 0 Å². The molecule has 1 saturated carbocycles. The minimum Gasteiger partial charge on any atom is -0.469 e. The molecule has 0 aliphatic heterocycles. The summed E-state index contributed by atoms with van der Waals surface area (Å²) < 4.78 is 16.4. The quantitative estimate of drug-likeness (QED) is 0.658. The summed E-state index contributed by atoms with van der Waals surface area (Å²) in [5.74, 6) is 0.226. The second-order valence-corrected chi connectivity index (χ2v) is 6.01. The molecule has 0 radical (unpaired) electrons. The number of carbonyl (C=O) groups is 1. The third-order valence-corrected chi connectivity index (χ3v) is 4.72. The zero-order valence-corrected chi connectivity index (χ0v) is 10.5. The molecule has 0 N–H and O–H groups in total. The van der Waals surface area contributed by atoms with Gasteiger partial charge in [-0.3, -0.25) is 9.00 Å². The molecule has 1 aliphatic carbocycles. The first-order chi connectivity index (χ1) is 7.53. The summed E-state index contributed by atoms with van der Waals surface area (Å²) in [5, 5.41) is 8.64. The number of hydrogen-bond acceptors (Lipinski definition) is 4. The van der Waals surface area contributed by atoms with E-state index in [9.17, 15) is 9.00 Å². The number of nitrogens with zero attached hydrogens (tertiary/aromatic N) is 1. The summed E-state index contributed by atoms with van der Waals surface area (Å²) in [6.45, 7) is 1.72. The number of rotatable bonds is 6. The molecule has 0 spiro atoms. The van der Waals surface area contributed by atoms with Crippen LogP contribution in [-0.2, 0) is 20.3 Å². The molecule has 16 heavy (non-hydrogen) atoms. The summed E-state index contributed by atoms with van der Waals surface area (Å²) in [6.07, 6.45) is 2.45. The molecule has 5 heteroatoms. The smallest absolute Gasteiger partial charge is 0.309 e. The van der Waals surface area contributed by atoms with Gasteiger partial charge >= 0.3 is 5.97 Å². The van der Waals surface area contributed by atoms with Crippen LogP contribution >= 0.6 is 0 Å². The fraction of sp³-hybridized carbons (Fsp3) is 0.818. The Hall–Kier alpha value is -0.890. The number of carbonyl (C=O) groups excluding carboxylic acids is 1. The average Bonchev–Trinajstić information content (AvgIpc) is 2.96. The Morgan fingerprint density at radius 3 is 2.69 bits per heavy atom. The van der Waals surface area contributed by atoms with E-state index in [0.717, 1.165) is 12.8 Å². The Bertz CT molecular complexity index is 331. The van der Waals surface area contributed by atoms with Crippen molar-refractivity contribution in [2.75, 3.05) is 18.6 Å². The van der Waals surface area contributed by atoms with Crippen LogP contribution in [0.15, 0.2) is 0 Å². The van der Waals surface area contributed by atoms with Crippen molar-refractivity contribution in [3.8, 4) is 6.07 Å². The molecular weight excluding hydrogens is 226 g/mol. The van der Waals surface area contributed by atoms with E-state index in [4.69, 9.17) is 5.26 Å². The maximum Gasteiger partial charge on any atom is 0.309 e. The van der Waals surface area contributed by atoms with Crippen molar-refractivity contribution in [3.63, 3.8) is 0 Å². The van der Waals surface area contributed by atoms with E-state index in [1.807, 2.05) is 0 Å². The first kappa shape index (κ1) is 13.2. The third-order valence-electron chi connectivity index (χ3n) is 2.92. The van der Waals surface area contributed by atoms with Crippen LogP contribution in [0.25, 0.3) is 0 Å². The van der Waals surface area contributed by atoms with Crippen molar-refractivity contribution >= 4 is 16.8 Å². The van der Waals surface area contributed by atoms with Gasteiger partial charge in [0.05, 0.1) is 19.1 Å². The van der Waals surface area contributed by atoms with Crippen molar-refractivity contribution in [2.24, 2.45) is 11.3 Å². The molecule has 1 aliphatic rings. The minimum absolute atomic E-state index is 0.0184. The molecule has 2 atom stereocenters. The van der Waals surface area contributed by atoms with E-state index < -0.39 is 10.8 Å². The standard InChI is InChI=1S/C11H17NO3S/c1-9(10(13)15-2)7-16(14)8-11(3-4-11)5-6-12/h9H,3-5,7-8H2,1-2H3. The first-order valence-corrected chi connectivity index (χ1v) is 6.81. The lowest BCUT2D eigenvalue weighted by Crippen LogP contribution is -2.23. The molecule has 4 nitrogen and oxygen atoms in total. The van der Waals surface area contributed by atoms with Crippen LogP contribution < -0.4 is 0 Å². The van der Waals surface area contributed by atoms with Gasteiger partial charge in [0, 0.05) is 28.7 Å². The zero-order valence-electron chi connectivity index (χ0n) is 9.69. The molecule has 1 rings (SSSR count). The highest BCUT2D eigenvalue weighted by Gasteiger charge is 2.43. The molecule has 1 fully saturated rings. The lowest BCUT2D eigenvalue weighted by Gasteiger charge is -2.12. The van der Waals surface area contributed by atoms with Crippen molar-refractivity contribution in [1.82, 2.24) is 0 Å². The largest absolute Gasteiger partial charge is 0.469 e. The second-order valence-electron chi connectivity index (χ2n) is 4.51. The van der Waals surface area contributed by atoms with Crippen LogP contribution in [0.4, 0.5) is 0 Å². The summed E-state index contributed by atoms with van der Waals surface area (Å²) in [7, 11) is 0.300. The van der Waals surface area contributed by atoms with Crippen LogP contribution in [-0.4, -0.2) is 28.8 Å². The van der Waals surface area contributed by atoms with Crippen LogP contribution in [0.2, 0.25) is 0 Å². The molecular formula is C11H17NO3S. The second kappa shape index (κ2) is 5.44. The van der Waals surface area contributed by atoms with E-state index in [2.05, 4.69) is 10.8 Å². The molecule has 90 valence electrons. The highest BCUT2D eigenvalue weighted by Crippen LogP contribution is 2.49. The third kappa shape index (κ3) is 3.60. The summed E-state index contributed by atoms with van der Waals surface area (Å²) in [4.78, 5) is 11.1. The Labute approximate surface area is 98.4 Å². The fourth-order valence-corrected chi connectivity index (χ4v) is 3.55. The Morgan fingerprint density at radius 2 is 2.25 bits per heavy atom. The lowest BCUT2D eigenvalue weighted by atomic mass is 10.1. The van der Waals surface area contributed by atoms with Gasteiger partial charge in [0.1, 0.15) is 0 Å². The van der Waals surface area contributed by atoms with Crippen LogP contribution in [0, 0.1) is 22.7 Å². The van der Waals surface area contributed by atoms with Gasteiger partial charge in [-0.1, -0.05) is 6.92 Å². The highest BCUT2D eigenvalue weighted by atomic mass is 32.2. The number of nitriles is 1. The predicted molar refractivity (Wildman–Crippen MR) is 61.0 cm³/mol. The van der Waals surface area contributed by atoms with Crippen molar-refractivity contribution in [2.45, 2.75) is 26.2 Å². The molecule has 0 aromatic heterocycles. The summed E-state index contributed by atoms with van der Waals surface area (Å²) in [5.41, 5.74) is -0.0184. The molecule has 0 amide bonds. The van der Waals surface area contributed by atoms with Crippen LogP contribution in [0.3, 0.4) is 0 Å². The topological polar surface area (TPSA) is 67.2 Å². The fourth-order valence-electron chi connectivity index (χ4n) is 1.67. The molecule has 2 unspecified atom stereocenters. The van der Waals surface area contributed by atoms with E-state index >= 15 is 0 Å². The Balaban J connectivity index is 2.37. The van der Waals surface area contributed by atoms with Crippen molar-refractivity contribution < 1.29 is 13.7 Å². The van der Waals surface area contributed by atoms with Crippen LogP contribution in [0.5, 0.6) is 0 Å². The Kier molecular flexibility index (Phi) is 4.48. The predicted octanol–water partition coefficient (Wildman–Crippen LogP) is 1.24. The van der Waals surface area contributed by atoms with Gasteiger partial charge in [0.25, 0.3) is 0 Å². The van der Waals surface area contributed by atoms with E-state index in [-0.39, 0.29) is 17.3 Å². The highest BCUT2D eigenvalue weighted by molar-refractivity contribution is 7.85. The van der Waals surface area contributed by atoms with Crippen LogP contribution in [0.1, 0.15) is 26.2 Å². The van der Waals surface area contributed by atoms with Gasteiger partial charge in [-0.05, 0) is 18.3 Å². The molecule has 0 aromatic rings. The normalized spacial score (nSPS) is 20.6. The SMILES string of the molecule is COC(=O)C(C)CS(=O)CC1(CC#N)CC1. The Morgan fingerprint density at radius 1 is 1.62 bits per heavy atom. The summed E-state index contributed by atoms with van der Waals surface area (Å²) >= 11 is 0. The van der Waals surface area contributed by atoms with E-state index in [0.29, 0.717) is 17.9 Å². The van der Waals surface area contributed by atoms with Gasteiger partial charge in [-0.25, -0.2) is 0 Å². The lowest BCUT2D eigenvalue weighted by molar-refractivity contribution is -0.144. The number of methoxy groups -OCH3 is 1. The van der Waals surface area contributed by atoms with Gasteiger partial charge < -0.3 is 4.74 Å². The molecule has 0 bridgehead atoms.